The molecule has 3 aromatic rings. The predicted molar refractivity (Wildman–Crippen MR) is 167 cm³/mol. The molecule has 1 heterocycles. The summed E-state index contributed by atoms with van der Waals surface area (Å²) in [6, 6.07) is 14.8. The van der Waals surface area contributed by atoms with Gasteiger partial charge in [0, 0.05) is 37.4 Å². The standard InChI is InChI=1S/C33H39F3N6OS/c1-22(2)15-28(30(43)16-27-18-39-21-41(27)19-24-13-11-23(17-37)12-14-24)31(38)42(32(44)40-26-8-4-5-9-26)20-25-7-3-6-10-29(25)33(34,35)36/h3,6-7,10-14,18,21-22,26,28,31H,4-5,8-9,15-16,19-20,38H2,1-2H3,(H,40,44)/t28-,31?/m1/s1. The molecule has 0 bridgehead atoms. The van der Waals surface area contributed by atoms with E-state index in [-0.39, 0.29) is 41.4 Å². The number of halogens is 3. The van der Waals surface area contributed by atoms with Crippen LogP contribution in [0.5, 0.6) is 0 Å². The third-order valence-corrected chi connectivity index (χ3v) is 8.46. The van der Waals surface area contributed by atoms with Gasteiger partial charge in [0.25, 0.3) is 0 Å². The van der Waals surface area contributed by atoms with Crippen molar-refractivity contribution in [1.82, 2.24) is 19.8 Å². The molecular formula is C33H39F3N6OS. The number of imidazole rings is 1. The maximum Gasteiger partial charge on any atom is 0.416 e. The van der Waals surface area contributed by atoms with E-state index in [4.69, 9.17) is 23.2 Å². The van der Waals surface area contributed by atoms with Crippen LogP contribution in [0.15, 0.2) is 61.1 Å². The predicted octanol–water partition coefficient (Wildman–Crippen LogP) is 6.20. The number of ketones is 1. The highest BCUT2D eigenvalue weighted by molar-refractivity contribution is 7.80. The molecule has 0 aliphatic heterocycles. The first-order valence-electron chi connectivity index (χ1n) is 14.9. The molecule has 2 atom stereocenters. The van der Waals surface area contributed by atoms with Crippen LogP contribution < -0.4 is 11.1 Å². The summed E-state index contributed by atoms with van der Waals surface area (Å²) in [7, 11) is 0. The summed E-state index contributed by atoms with van der Waals surface area (Å²) in [4.78, 5) is 19.8. The Morgan fingerprint density at radius 3 is 2.50 bits per heavy atom. The molecule has 7 nitrogen and oxygen atoms in total. The molecule has 3 N–H and O–H groups in total. The quantitative estimate of drug-likeness (QED) is 0.183. The number of Topliss-reactive ketones (excluding diaryl/α,β-unsaturated/α-hetero) is 1. The van der Waals surface area contributed by atoms with Crippen molar-refractivity contribution in [1.29, 1.82) is 5.26 Å². The van der Waals surface area contributed by atoms with Gasteiger partial charge >= 0.3 is 6.18 Å². The lowest BCUT2D eigenvalue weighted by Gasteiger charge is -2.38. The van der Waals surface area contributed by atoms with Crippen molar-refractivity contribution in [2.45, 2.75) is 83.8 Å². The Morgan fingerprint density at radius 2 is 1.86 bits per heavy atom. The molecule has 1 aromatic heterocycles. The second kappa shape index (κ2) is 14.8. The molecule has 0 spiro atoms. The van der Waals surface area contributed by atoms with E-state index in [1.54, 1.807) is 35.6 Å². The zero-order valence-electron chi connectivity index (χ0n) is 25.1. The second-order valence-electron chi connectivity index (χ2n) is 11.9. The molecule has 11 heteroatoms. The van der Waals surface area contributed by atoms with Gasteiger partial charge in [-0.25, -0.2) is 4.98 Å². The number of rotatable bonds is 12. The fraction of sp³-hybridized carbons (Fsp3) is 0.455. The number of nitrogens with two attached hydrogens (primary N) is 1. The Morgan fingerprint density at radius 1 is 1.18 bits per heavy atom. The van der Waals surface area contributed by atoms with Gasteiger partial charge in [0.05, 0.1) is 35.6 Å². The topological polar surface area (TPSA) is 100.0 Å². The highest BCUT2D eigenvalue weighted by Gasteiger charge is 2.37. The van der Waals surface area contributed by atoms with E-state index >= 15 is 0 Å². The van der Waals surface area contributed by atoms with Crippen molar-refractivity contribution >= 4 is 23.1 Å². The molecule has 1 aliphatic carbocycles. The molecule has 0 amide bonds. The number of benzene rings is 2. The highest BCUT2D eigenvalue weighted by Crippen LogP contribution is 2.33. The van der Waals surface area contributed by atoms with Crippen molar-refractivity contribution in [3.8, 4) is 6.07 Å². The number of hydrogen-bond acceptors (Lipinski definition) is 5. The van der Waals surface area contributed by atoms with Crippen LogP contribution in [0.2, 0.25) is 0 Å². The average molecular weight is 625 g/mol. The largest absolute Gasteiger partial charge is 0.416 e. The number of aromatic nitrogens is 2. The number of hydrogen-bond donors (Lipinski definition) is 2. The minimum Gasteiger partial charge on any atom is -0.360 e. The highest BCUT2D eigenvalue weighted by atomic mass is 32.1. The van der Waals surface area contributed by atoms with Crippen LogP contribution in [0.4, 0.5) is 13.2 Å². The van der Waals surface area contributed by atoms with Crippen molar-refractivity contribution in [2.75, 3.05) is 0 Å². The van der Waals surface area contributed by atoms with Crippen LogP contribution in [0.25, 0.3) is 0 Å². The van der Waals surface area contributed by atoms with Crippen LogP contribution in [0.3, 0.4) is 0 Å². The van der Waals surface area contributed by atoms with Crippen LogP contribution in [0.1, 0.15) is 73.9 Å². The zero-order chi connectivity index (χ0) is 31.9. The molecule has 44 heavy (non-hydrogen) atoms. The van der Waals surface area contributed by atoms with Gasteiger partial charge in [-0.05, 0) is 66.7 Å². The molecule has 2 aromatic carbocycles. The molecule has 1 aliphatic rings. The monoisotopic (exact) mass is 624 g/mol. The molecule has 1 saturated carbocycles. The number of carbonyl (C=O) groups excluding carboxylic acids is 1. The number of carbonyl (C=O) groups is 1. The van der Waals surface area contributed by atoms with Crippen LogP contribution in [-0.4, -0.2) is 37.6 Å². The average Bonchev–Trinajstić information content (AvgIpc) is 3.66. The molecule has 1 fully saturated rings. The third kappa shape index (κ3) is 8.67. The molecule has 0 saturated heterocycles. The van der Waals surface area contributed by atoms with Crippen LogP contribution >= 0.6 is 12.2 Å². The van der Waals surface area contributed by atoms with Crippen molar-refractivity contribution in [3.63, 3.8) is 0 Å². The first-order valence-corrected chi connectivity index (χ1v) is 15.4. The Hall–Kier alpha value is -3.75. The Labute approximate surface area is 262 Å². The Balaban J connectivity index is 1.60. The normalized spacial score (nSPS) is 15.1. The summed E-state index contributed by atoms with van der Waals surface area (Å²) >= 11 is 5.78. The van der Waals surface area contributed by atoms with Crippen molar-refractivity contribution in [3.05, 3.63) is 89.0 Å². The van der Waals surface area contributed by atoms with Gasteiger partial charge in [0.2, 0.25) is 0 Å². The summed E-state index contributed by atoms with van der Waals surface area (Å²) in [5, 5.41) is 12.7. The lowest BCUT2D eigenvalue weighted by Crippen LogP contribution is -2.56. The first-order chi connectivity index (χ1) is 21.0. The van der Waals surface area contributed by atoms with E-state index in [0.717, 1.165) is 37.3 Å². The van der Waals surface area contributed by atoms with Gasteiger partial charge in [0.1, 0.15) is 5.78 Å². The summed E-state index contributed by atoms with van der Waals surface area (Å²) in [5.74, 6) is -0.737. The number of nitriles is 1. The van der Waals surface area contributed by atoms with E-state index in [1.807, 2.05) is 30.5 Å². The van der Waals surface area contributed by atoms with Gasteiger partial charge in [-0.2, -0.15) is 18.4 Å². The molecular weight excluding hydrogens is 585 g/mol. The summed E-state index contributed by atoms with van der Waals surface area (Å²) in [6.07, 6.45) is 2.21. The maximum atomic E-state index is 14.0. The van der Waals surface area contributed by atoms with E-state index in [2.05, 4.69) is 16.4 Å². The fourth-order valence-corrected chi connectivity index (χ4v) is 6.13. The number of nitrogens with one attached hydrogen (secondary N) is 1. The summed E-state index contributed by atoms with van der Waals surface area (Å²) in [6.45, 7) is 4.25. The SMILES string of the molecule is CC(C)C[C@H](C(=O)Cc1cncn1Cc1ccc(C#N)cc1)C(N)N(Cc1ccccc1C(F)(F)F)C(=S)NC1CCCC1. The van der Waals surface area contributed by atoms with E-state index in [0.29, 0.717) is 24.2 Å². The molecule has 1 unspecified atom stereocenters. The van der Waals surface area contributed by atoms with Crippen molar-refractivity contribution in [2.24, 2.45) is 17.6 Å². The smallest absolute Gasteiger partial charge is 0.360 e. The lowest BCUT2D eigenvalue weighted by atomic mass is 9.88. The van der Waals surface area contributed by atoms with E-state index < -0.39 is 23.8 Å². The number of nitrogens with zero attached hydrogens (tertiary/aromatic N) is 4. The number of alkyl halides is 3. The first kappa shape index (κ1) is 33.1. The molecule has 4 rings (SSSR count). The van der Waals surface area contributed by atoms with Crippen LogP contribution in [-0.2, 0) is 30.5 Å². The van der Waals surface area contributed by atoms with Crippen LogP contribution in [0, 0.1) is 23.2 Å². The minimum absolute atomic E-state index is 0.0438. The third-order valence-electron chi connectivity index (χ3n) is 8.11. The van der Waals surface area contributed by atoms with E-state index in [9.17, 15) is 18.0 Å². The second-order valence-corrected chi connectivity index (χ2v) is 12.3. The fourth-order valence-electron chi connectivity index (χ4n) is 5.77. The summed E-state index contributed by atoms with van der Waals surface area (Å²) < 4.78 is 43.7. The van der Waals surface area contributed by atoms with Gasteiger partial charge < -0.3 is 20.5 Å². The maximum absolute atomic E-state index is 14.0. The minimum atomic E-state index is -4.55. The number of thiocarbonyl (C=S) groups is 1. The Bertz CT molecular complexity index is 1460. The van der Waals surface area contributed by atoms with Gasteiger partial charge in [0.15, 0.2) is 5.11 Å². The van der Waals surface area contributed by atoms with Gasteiger partial charge in [-0.1, -0.05) is 57.0 Å². The van der Waals surface area contributed by atoms with Gasteiger partial charge in [-0.3, -0.25) is 4.79 Å². The van der Waals surface area contributed by atoms with Crippen molar-refractivity contribution < 1.29 is 18.0 Å². The molecule has 0 radical (unpaired) electrons. The van der Waals surface area contributed by atoms with E-state index in [1.165, 1.54) is 12.1 Å². The molecule has 234 valence electrons. The van der Waals surface area contributed by atoms with Gasteiger partial charge in [-0.15, -0.1) is 0 Å². The summed E-state index contributed by atoms with van der Waals surface area (Å²) in [5.41, 5.74) is 8.35. The Kier molecular flexibility index (Phi) is 11.2. The zero-order valence-corrected chi connectivity index (χ0v) is 25.9. The lowest BCUT2D eigenvalue weighted by molar-refractivity contribution is -0.138.